The second-order valence-electron chi connectivity index (χ2n) is 6.25. The lowest BCUT2D eigenvalue weighted by Gasteiger charge is -2.50. The Morgan fingerprint density at radius 3 is 2.58 bits per heavy atom. The van der Waals surface area contributed by atoms with E-state index in [0.29, 0.717) is 11.6 Å². The molecule has 0 aromatic heterocycles. The van der Waals surface area contributed by atoms with E-state index >= 15 is 0 Å². The number of anilines is 1. The van der Waals surface area contributed by atoms with Crippen molar-refractivity contribution < 1.29 is 0 Å². The molecular formula is C17H26N2. The number of hydrogen-bond acceptors (Lipinski definition) is 2. The average Bonchev–Trinajstić information content (AvgIpc) is 2.49. The van der Waals surface area contributed by atoms with Gasteiger partial charge in [-0.2, -0.15) is 0 Å². The largest absolute Gasteiger partial charge is 0.365 e. The van der Waals surface area contributed by atoms with Crippen molar-refractivity contribution in [1.82, 2.24) is 5.32 Å². The number of para-hydroxylation sites is 1. The Balaban J connectivity index is 1.82. The maximum absolute atomic E-state index is 3.89. The van der Waals surface area contributed by atoms with Crippen LogP contribution in [0.15, 0.2) is 30.3 Å². The Hall–Kier alpha value is -1.02. The average molecular weight is 258 g/mol. The smallest absolute Gasteiger partial charge is 0.0412 e. The molecule has 2 heteroatoms. The molecule has 1 heterocycles. The number of benzene rings is 1. The molecule has 0 amide bonds. The molecular weight excluding hydrogens is 232 g/mol. The fourth-order valence-corrected chi connectivity index (χ4v) is 3.81. The first-order valence-electron chi connectivity index (χ1n) is 7.90. The topological polar surface area (TPSA) is 15.3 Å². The highest BCUT2D eigenvalue weighted by Crippen LogP contribution is 2.34. The van der Waals surface area contributed by atoms with E-state index in [1.807, 2.05) is 0 Å². The van der Waals surface area contributed by atoms with Crippen molar-refractivity contribution >= 4 is 5.69 Å². The minimum absolute atomic E-state index is 0.389. The van der Waals surface area contributed by atoms with Crippen LogP contribution in [-0.2, 0) is 0 Å². The molecule has 2 nitrogen and oxygen atoms in total. The second-order valence-corrected chi connectivity index (χ2v) is 6.25. The third kappa shape index (κ3) is 2.64. The van der Waals surface area contributed by atoms with Crippen LogP contribution >= 0.6 is 0 Å². The molecule has 3 rings (SSSR count). The van der Waals surface area contributed by atoms with E-state index < -0.39 is 0 Å². The first-order valence-corrected chi connectivity index (χ1v) is 7.90. The molecule has 0 radical (unpaired) electrons. The highest BCUT2D eigenvalue weighted by atomic mass is 15.3. The lowest BCUT2D eigenvalue weighted by Crippen LogP contribution is -2.65. The lowest BCUT2D eigenvalue weighted by molar-refractivity contribution is 0.196. The van der Waals surface area contributed by atoms with Gasteiger partial charge in [0, 0.05) is 30.4 Å². The Kier molecular flexibility index (Phi) is 3.79. The summed E-state index contributed by atoms with van der Waals surface area (Å²) in [6.07, 6.45) is 8.14. The molecule has 1 aromatic rings. The molecule has 1 unspecified atom stereocenters. The minimum atomic E-state index is 0.389. The zero-order valence-corrected chi connectivity index (χ0v) is 12.1. The quantitative estimate of drug-likeness (QED) is 0.872. The molecule has 1 aliphatic carbocycles. The molecule has 2 fully saturated rings. The van der Waals surface area contributed by atoms with Gasteiger partial charge in [0.15, 0.2) is 0 Å². The van der Waals surface area contributed by atoms with Crippen molar-refractivity contribution in [2.75, 3.05) is 18.0 Å². The lowest BCUT2D eigenvalue weighted by atomic mass is 9.79. The van der Waals surface area contributed by atoms with Gasteiger partial charge in [-0.25, -0.2) is 0 Å². The molecule has 1 saturated heterocycles. The molecule has 19 heavy (non-hydrogen) atoms. The number of rotatable bonds is 2. The molecule has 2 aliphatic rings. The molecule has 0 bridgehead atoms. The fraction of sp³-hybridized carbons (Fsp3) is 0.647. The van der Waals surface area contributed by atoms with Crippen molar-refractivity contribution in [3.8, 4) is 0 Å². The van der Waals surface area contributed by atoms with Crippen molar-refractivity contribution in [2.24, 2.45) is 0 Å². The molecule has 1 aliphatic heterocycles. The summed E-state index contributed by atoms with van der Waals surface area (Å²) in [5, 5.41) is 3.89. The third-order valence-corrected chi connectivity index (χ3v) is 5.00. The van der Waals surface area contributed by atoms with Gasteiger partial charge in [-0.1, -0.05) is 44.4 Å². The van der Waals surface area contributed by atoms with Crippen LogP contribution < -0.4 is 10.2 Å². The molecule has 1 spiro atoms. The van der Waals surface area contributed by atoms with E-state index in [9.17, 15) is 0 Å². The number of nitrogens with one attached hydrogen (secondary N) is 1. The Labute approximate surface area is 117 Å². The number of nitrogens with zero attached hydrogens (tertiary/aromatic N) is 1. The molecule has 1 atom stereocenters. The SMILES string of the molecule is CCC1CNC2(CCCCC2)CN1c1ccccc1. The van der Waals surface area contributed by atoms with Crippen LogP contribution in [0.2, 0.25) is 0 Å². The van der Waals surface area contributed by atoms with Gasteiger partial charge in [0.05, 0.1) is 0 Å². The van der Waals surface area contributed by atoms with Gasteiger partial charge in [0.1, 0.15) is 0 Å². The first kappa shape index (κ1) is 13.0. The summed E-state index contributed by atoms with van der Waals surface area (Å²) >= 11 is 0. The molecule has 1 aromatic carbocycles. The summed E-state index contributed by atoms with van der Waals surface area (Å²) in [6, 6.07) is 11.6. The standard InChI is InChI=1S/C17H26N2/c1-2-15-13-18-17(11-7-4-8-12-17)14-19(15)16-9-5-3-6-10-16/h3,5-6,9-10,15,18H,2,4,7-8,11-14H2,1H3. The van der Waals surface area contributed by atoms with E-state index in [1.165, 1.54) is 50.8 Å². The predicted molar refractivity (Wildman–Crippen MR) is 81.7 cm³/mol. The van der Waals surface area contributed by atoms with Crippen LogP contribution in [0.1, 0.15) is 45.4 Å². The van der Waals surface area contributed by atoms with E-state index in [4.69, 9.17) is 0 Å². The van der Waals surface area contributed by atoms with Gasteiger partial charge in [-0.15, -0.1) is 0 Å². The minimum Gasteiger partial charge on any atom is -0.365 e. The van der Waals surface area contributed by atoms with Crippen LogP contribution in [0.25, 0.3) is 0 Å². The zero-order valence-electron chi connectivity index (χ0n) is 12.1. The first-order chi connectivity index (χ1) is 9.33. The Bertz CT molecular complexity index is 395. The van der Waals surface area contributed by atoms with Crippen molar-refractivity contribution in [2.45, 2.75) is 57.0 Å². The van der Waals surface area contributed by atoms with Crippen LogP contribution in [0.4, 0.5) is 5.69 Å². The van der Waals surface area contributed by atoms with Crippen molar-refractivity contribution in [1.29, 1.82) is 0 Å². The van der Waals surface area contributed by atoms with Crippen LogP contribution in [0.5, 0.6) is 0 Å². The summed E-state index contributed by atoms with van der Waals surface area (Å²) in [6.45, 7) is 4.64. The Morgan fingerprint density at radius 1 is 1.16 bits per heavy atom. The number of piperazine rings is 1. The van der Waals surface area contributed by atoms with Crippen LogP contribution in [0, 0.1) is 0 Å². The monoisotopic (exact) mass is 258 g/mol. The second kappa shape index (κ2) is 5.54. The van der Waals surface area contributed by atoms with Gasteiger partial charge in [0.2, 0.25) is 0 Å². The van der Waals surface area contributed by atoms with Crippen molar-refractivity contribution in [3.05, 3.63) is 30.3 Å². The molecule has 1 saturated carbocycles. The maximum atomic E-state index is 3.89. The van der Waals surface area contributed by atoms with E-state index in [1.54, 1.807) is 0 Å². The molecule has 1 N–H and O–H groups in total. The predicted octanol–water partition coefficient (Wildman–Crippen LogP) is 3.58. The highest BCUT2D eigenvalue weighted by molar-refractivity contribution is 5.48. The van der Waals surface area contributed by atoms with Crippen molar-refractivity contribution in [3.63, 3.8) is 0 Å². The van der Waals surface area contributed by atoms with E-state index in [-0.39, 0.29) is 0 Å². The van der Waals surface area contributed by atoms with Crippen LogP contribution in [0.3, 0.4) is 0 Å². The number of hydrogen-bond donors (Lipinski definition) is 1. The molecule has 104 valence electrons. The van der Waals surface area contributed by atoms with Gasteiger partial charge >= 0.3 is 0 Å². The third-order valence-electron chi connectivity index (χ3n) is 5.00. The van der Waals surface area contributed by atoms with Crippen LogP contribution in [-0.4, -0.2) is 24.7 Å². The summed E-state index contributed by atoms with van der Waals surface area (Å²) < 4.78 is 0. The van der Waals surface area contributed by atoms with E-state index in [2.05, 4.69) is 47.5 Å². The van der Waals surface area contributed by atoms with Gasteiger partial charge in [-0.3, -0.25) is 0 Å². The summed E-state index contributed by atoms with van der Waals surface area (Å²) in [5.74, 6) is 0. The van der Waals surface area contributed by atoms with Gasteiger partial charge in [-0.05, 0) is 31.4 Å². The summed E-state index contributed by atoms with van der Waals surface area (Å²) in [5.41, 5.74) is 1.79. The normalized spacial score (nSPS) is 26.6. The van der Waals surface area contributed by atoms with Gasteiger partial charge < -0.3 is 10.2 Å². The summed E-state index contributed by atoms with van der Waals surface area (Å²) in [7, 11) is 0. The summed E-state index contributed by atoms with van der Waals surface area (Å²) in [4.78, 5) is 2.65. The zero-order chi connectivity index (χ0) is 13.1. The van der Waals surface area contributed by atoms with Gasteiger partial charge in [0.25, 0.3) is 0 Å². The Morgan fingerprint density at radius 2 is 1.89 bits per heavy atom. The maximum Gasteiger partial charge on any atom is 0.0412 e. The fourth-order valence-electron chi connectivity index (χ4n) is 3.81. The van der Waals surface area contributed by atoms with E-state index in [0.717, 1.165) is 6.54 Å². The highest BCUT2D eigenvalue weighted by Gasteiger charge is 2.39.